The van der Waals surface area contributed by atoms with Gasteiger partial charge in [-0.1, -0.05) is 0 Å². The zero-order valence-electron chi connectivity index (χ0n) is 16.6. The van der Waals surface area contributed by atoms with E-state index >= 15 is 0 Å². The van der Waals surface area contributed by atoms with Gasteiger partial charge in [0.2, 0.25) is 0 Å². The van der Waals surface area contributed by atoms with Gasteiger partial charge in [0.1, 0.15) is 17.5 Å². The summed E-state index contributed by atoms with van der Waals surface area (Å²) >= 11 is 0. The molecule has 2 aliphatic rings. The van der Waals surface area contributed by atoms with Crippen molar-refractivity contribution in [2.24, 2.45) is 17.8 Å². The molecule has 0 radical (unpaired) electrons. The van der Waals surface area contributed by atoms with Crippen LogP contribution < -0.4 is 0 Å². The maximum Gasteiger partial charge on any atom is 0.125 e. The van der Waals surface area contributed by atoms with Crippen LogP contribution in [0.1, 0.15) is 43.0 Å². The molecular weight excluding hydrogens is 380 g/mol. The van der Waals surface area contributed by atoms with E-state index in [0.717, 1.165) is 46.5 Å². The van der Waals surface area contributed by atoms with Crippen LogP contribution in [0.15, 0.2) is 48.7 Å². The van der Waals surface area contributed by atoms with Gasteiger partial charge in [-0.3, -0.25) is 4.98 Å². The number of nitrogens with one attached hydrogen (secondary N) is 1. The first-order valence-electron chi connectivity index (χ1n) is 10.8. The summed E-state index contributed by atoms with van der Waals surface area (Å²) in [6, 6.07) is 11.7. The number of hydrogen-bond acceptors (Lipinski definition) is 2. The third-order valence-corrected chi connectivity index (χ3v) is 7.39. The summed E-state index contributed by atoms with van der Waals surface area (Å²) in [6.45, 7) is 0. The molecule has 2 bridgehead atoms. The molecule has 4 aromatic rings. The van der Waals surface area contributed by atoms with E-state index < -0.39 is 0 Å². The van der Waals surface area contributed by atoms with Gasteiger partial charge >= 0.3 is 0 Å². The number of halogens is 2. The molecule has 152 valence electrons. The SMILES string of the molecule is Fc1ccc2nc(CCC3CC4CC3CC4c3ccnc4ccc(F)cc34)[nH]c2c1. The number of rotatable bonds is 4. The molecule has 2 heterocycles. The van der Waals surface area contributed by atoms with Crippen molar-refractivity contribution < 1.29 is 8.78 Å². The van der Waals surface area contributed by atoms with Crippen LogP contribution in [0.5, 0.6) is 0 Å². The number of H-pyrrole nitrogens is 1. The molecule has 5 heteroatoms. The van der Waals surface area contributed by atoms with Crippen molar-refractivity contribution in [3.63, 3.8) is 0 Å². The fourth-order valence-corrected chi connectivity index (χ4v) is 6.07. The van der Waals surface area contributed by atoms with Crippen LogP contribution in [-0.2, 0) is 6.42 Å². The average Bonchev–Trinajstić information content (AvgIpc) is 3.45. The zero-order chi connectivity index (χ0) is 20.2. The summed E-state index contributed by atoms with van der Waals surface area (Å²) < 4.78 is 27.3. The maximum absolute atomic E-state index is 13.9. The van der Waals surface area contributed by atoms with Crippen LogP contribution in [0.25, 0.3) is 21.9 Å². The van der Waals surface area contributed by atoms with Gasteiger partial charge < -0.3 is 4.98 Å². The molecular formula is C25H23F2N3. The van der Waals surface area contributed by atoms with E-state index in [1.165, 1.54) is 43.0 Å². The Morgan fingerprint density at radius 1 is 0.900 bits per heavy atom. The molecule has 2 saturated carbocycles. The molecule has 3 nitrogen and oxygen atoms in total. The van der Waals surface area contributed by atoms with Gasteiger partial charge in [-0.15, -0.1) is 0 Å². The number of aromatic amines is 1. The van der Waals surface area contributed by atoms with E-state index in [1.54, 1.807) is 18.2 Å². The standard InChI is InChI=1S/C25H23F2N3/c26-17-2-4-22-21(12-17)19(7-8-28-22)20-11-15-10-16(20)9-14(15)1-6-25-29-23-5-3-18(27)13-24(23)30-25/h2-5,7-8,12-16,20H,1,6,9-11H2,(H,29,30). The Bertz CT molecular complexity index is 1250. The first-order valence-corrected chi connectivity index (χ1v) is 10.8. The highest BCUT2D eigenvalue weighted by Crippen LogP contribution is 2.57. The van der Waals surface area contributed by atoms with Crippen molar-refractivity contribution in [2.45, 2.75) is 38.0 Å². The summed E-state index contributed by atoms with van der Waals surface area (Å²) in [5.41, 5.74) is 3.75. The average molecular weight is 403 g/mol. The molecule has 0 amide bonds. The van der Waals surface area contributed by atoms with Crippen LogP contribution in [0.3, 0.4) is 0 Å². The molecule has 2 aromatic carbocycles. The minimum Gasteiger partial charge on any atom is -0.342 e. The summed E-state index contributed by atoms with van der Waals surface area (Å²) in [7, 11) is 0. The van der Waals surface area contributed by atoms with Gasteiger partial charge in [-0.05, 0) is 97.4 Å². The third-order valence-electron chi connectivity index (χ3n) is 7.39. The summed E-state index contributed by atoms with van der Waals surface area (Å²) in [5, 5.41) is 0.973. The second-order valence-corrected chi connectivity index (χ2v) is 9.04. The van der Waals surface area contributed by atoms with E-state index in [0.29, 0.717) is 17.8 Å². The molecule has 4 atom stereocenters. The predicted octanol–water partition coefficient (Wildman–Crippen LogP) is 6.15. The van der Waals surface area contributed by atoms with Gasteiger partial charge in [0, 0.05) is 18.0 Å². The van der Waals surface area contributed by atoms with Crippen molar-refractivity contribution in [1.29, 1.82) is 0 Å². The van der Waals surface area contributed by atoms with Crippen LogP contribution in [-0.4, -0.2) is 15.0 Å². The molecule has 2 fully saturated rings. The van der Waals surface area contributed by atoms with E-state index in [-0.39, 0.29) is 11.6 Å². The smallest absolute Gasteiger partial charge is 0.125 e. The molecule has 0 aliphatic heterocycles. The second-order valence-electron chi connectivity index (χ2n) is 9.04. The van der Waals surface area contributed by atoms with E-state index in [9.17, 15) is 8.78 Å². The lowest BCUT2D eigenvalue weighted by atomic mass is 9.76. The van der Waals surface area contributed by atoms with E-state index in [2.05, 4.69) is 21.0 Å². The highest BCUT2D eigenvalue weighted by molar-refractivity contribution is 5.82. The third kappa shape index (κ3) is 2.99. The number of aryl methyl sites for hydroxylation is 1. The summed E-state index contributed by atoms with van der Waals surface area (Å²) in [5.74, 6) is 3.13. The molecule has 30 heavy (non-hydrogen) atoms. The Balaban J connectivity index is 1.17. The maximum atomic E-state index is 13.9. The highest BCUT2D eigenvalue weighted by Gasteiger charge is 2.46. The first kappa shape index (κ1) is 18.0. The monoisotopic (exact) mass is 403 g/mol. The Labute approximate surface area is 173 Å². The number of hydrogen-bond donors (Lipinski definition) is 1. The van der Waals surface area contributed by atoms with Gasteiger partial charge in [0.15, 0.2) is 0 Å². The van der Waals surface area contributed by atoms with Crippen molar-refractivity contribution in [2.75, 3.05) is 0 Å². The van der Waals surface area contributed by atoms with Crippen LogP contribution >= 0.6 is 0 Å². The molecule has 0 saturated heterocycles. The van der Waals surface area contributed by atoms with Crippen LogP contribution in [0, 0.1) is 29.4 Å². The molecule has 6 rings (SSSR count). The number of benzene rings is 2. The zero-order valence-corrected chi connectivity index (χ0v) is 16.6. The van der Waals surface area contributed by atoms with Gasteiger partial charge in [-0.25, -0.2) is 13.8 Å². The van der Waals surface area contributed by atoms with Gasteiger partial charge in [0.25, 0.3) is 0 Å². The largest absolute Gasteiger partial charge is 0.342 e. The minimum atomic E-state index is -0.236. The van der Waals surface area contributed by atoms with Crippen LogP contribution in [0.2, 0.25) is 0 Å². The first-order chi connectivity index (χ1) is 14.6. The Kier molecular flexibility index (Phi) is 4.12. The predicted molar refractivity (Wildman–Crippen MR) is 113 cm³/mol. The van der Waals surface area contributed by atoms with Crippen molar-refractivity contribution in [3.05, 3.63) is 71.7 Å². The normalized spacial score (nSPS) is 25.5. The molecule has 0 spiro atoms. The van der Waals surface area contributed by atoms with E-state index in [1.807, 2.05) is 6.20 Å². The number of nitrogens with zero attached hydrogens (tertiary/aromatic N) is 2. The quantitative estimate of drug-likeness (QED) is 0.444. The summed E-state index contributed by atoms with van der Waals surface area (Å²) in [6.07, 6.45) is 7.54. The Hall–Kier alpha value is -2.82. The van der Waals surface area contributed by atoms with E-state index in [4.69, 9.17) is 0 Å². The Morgan fingerprint density at radius 3 is 2.57 bits per heavy atom. The Morgan fingerprint density at radius 2 is 1.73 bits per heavy atom. The van der Waals surface area contributed by atoms with Crippen molar-refractivity contribution in [3.8, 4) is 0 Å². The number of imidazole rings is 1. The lowest BCUT2D eigenvalue weighted by Crippen LogP contribution is -2.17. The van der Waals surface area contributed by atoms with Crippen molar-refractivity contribution in [1.82, 2.24) is 15.0 Å². The number of fused-ring (bicyclic) bond motifs is 4. The number of pyridine rings is 1. The molecule has 2 aromatic heterocycles. The minimum absolute atomic E-state index is 0.191. The highest BCUT2D eigenvalue weighted by atomic mass is 19.1. The molecule has 1 N–H and O–H groups in total. The van der Waals surface area contributed by atoms with Gasteiger partial charge in [-0.2, -0.15) is 0 Å². The fourth-order valence-electron chi connectivity index (χ4n) is 6.07. The fraction of sp³-hybridized carbons (Fsp3) is 0.360. The second kappa shape index (κ2) is 6.86. The molecule has 4 unspecified atom stereocenters. The lowest BCUT2D eigenvalue weighted by Gasteiger charge is -2.29. The van der Waals surface area contributed by atoms with Crippen molar-refractivity contribution >= 4 is 21.9 Å². The number of aromatic nitrogens is 3. The van der Waals surface area contributed by atoms with Crippen LogP contribution in [0.4, 0.5) is 8.78 Å². The topological polar surface area (TPSA) is 41.6 Å². The van der Waals surface area contributed by atoms with Gasteiger partial charge in [0.05, 0.1) is 16.6 Å². The summed E-state index contributed by atoms with van der Waals surface area (Å²) in [4.78, 5) is 12.3. The molecule has 2 aliphatic carbocycles. The lowest BCUT2D eigenvalue weighted by molar-refractivity contribution is 0.289.